The molecule has 0 bridgehead atoms. The molecule has 0 saturated heterocycles. The molecule has 1 aromatic heterocycles. The summed E-state index contributed by atoms with van der Waals surface area (Å²) in [5, 5.41) is 11.4. The summed E-state index contributed by atoms with van der Waals surface area (Å²) in [4.78, 5) is 4.04. The first kappa shape index (κ1) is 7.05. The van der Waals surface area contributed by atoms with Gasteiger partial charge in [-0.1, -0.05) is 0 Å². The Morgan fingerprint density at radius 2 is 2.56 bits per heavy atom. The summed E-state index contributed by atoms with van der Waals surface area (Å²) >= 11 is 5.56. The van der Waals surface area contributed by atoms with Crippen LogP contribution in [0.1, 0.15) is 10.7 Å². The Kier molecular flexibility index (Phi) is 2.50. The van der Waals surface area contributed by atoms with Crippen molar-refractivity contribution in [2.24, 2.45) is 0 Å². The van der Waals surface area contributed by atoms with Crippen molar-refractivity contribution < 1.29 is 5.11 Å². The van der Waals surface area contributed by atoms with Crippen LogP contribution < -0.4 is 0 Å². The quantitative estimate of drug-likeness (QED) is 0.636. The number of thiol groups is 1. The van der Waals surface area contributed by atoms with Gasteiger partial charge in [0.15, 0.2) is 0 Å². The van der Waals surface area contributed by atoms with Gasteiger partial charge in [-0.3, -0.25) is 0 Å². The highest BCUT2D eigenvalue weighted by molar-refractivity contribution is 7.79. The molecule has 0 aliphatic heterocycles. The van der Waals surface area contributed by atoms with Crippen molar-refractivity contribution >= 4 is 24.0 Å². The Labute approximate surface area is 63.0 Å². The van der Waals surface area contributed by atoms with Crippen LogP contribution in [-0.2, 0) is 12.4 Å². The summed E-state index contributed by atoms with van der Waals surface area (Å²) in [6, 6.07) is 0. The van der Waals surface area contributed by atoms with Gasteiger partial charge >= 0.3 is 0 Å². The van der Waals surface area contributed by atoms with Crippen LogP contribution in [0.5, 0.6) is 0 Å². The van der Waals surface area contributed by atoms with E-state index in [1.54, 1.807) is 0 Å². The van der Waals surface area contributed by atoms with Crippen molar-refractivity contribution in [1.82, 2.24) is 4.98 Å². The van der Waals surface area contributed by atoms with Crippen molar-refractivity contribution in [3.63, 3.8) is 0 Å². The monoisotopic (exact) mass is 161 g/mol. The molecule has 0 aromatic carbocycles. The van der Waals surface area contributed by atoms with Gasteiger partial charge in [-0.25, -0.2) is 4.98 Å². The molecular weight excluding hydrogens is 154 g/mol. The highest BCUT2D eigenvalue weighted by Crippen LogP contribution is 2.10. The topological polar surface area (TPSA) is 33.1 Å². The van der Waals surface area contributed by atoms with E-state index in [0.717, 1.165) is 10.7 Å². The highest BCUT2D eigenvalue weighted by atomic mass is 32.1. The second-order valence-electron chi connectivity index (χ2n) is 1.55. The molecule has 50 valence electrons. The molecule has 0 aliphatic rings. The van der Waals surface area contributed by atoms with E-state index < -0.39 is 0 Å². The van der Waals surface area contributed by atoms with Crippen molar-refractivity contribution in [3.8, 4) is 0 Å². The summed E-state index contributed by atoms with van der Waals surface area (Å²) in [5.41, 5.74) is 0.740. The van der Waals surface area contributed by atoms with E-state index in [9.17, 15) is 0 Å². The molecule has 2 nitrogen and oxygen atoms in total. The third-order valence-corrected chi connectivity index (χ3v) is 2.31. The van der Waals surface area contributed by atoms with E-state index >= 15 is 0 Å². The predicted molar refractivity (Wildman–Crippen MR) is 40.7 cm³/mol. The fourth-order valence-electron chi connectivity index (χ4n) is 0.494. The number of rotatable bonds is 2. The predicted octanol–water partition coefficient (Wildman–Crippen LogP) is 1.07. The average molecular weight is 161 g/mol. The summed E-state index contributed by atoms with van der Waals surface area (Å²) in [6.07, 6.45) is 0. The Balaban J connectivity index is 2.74. The van der Waals surface area contributed by atoms with Crippen LogP contribution in [0.2, 0.25) is 0 Å². The van der Waals surface area contributed by atoms with Crippen LogP contribution >= 0.6 is 24.0 Å². The molecule has 4 heteroatoms. The van der Waals surface area contributed by atoms with Gasteiger partial charge in [-0.15, -0.1) is 11.3 Å². The summed E-state index contributed by atoms with van der Waals surface area (Å²) in [7, 11) is 0. The maximum absolute atomic E-state index is 8.57. The minimum Gasteiger partial charge on any atom is -0.390 e. The molecule has 1 aromatic rings. The molecule has 0 fully saturated rings. The largest absolute Gasteiger partial charge is 0.390 e. The third kappa shape index (κ3) is 1.67. The van der Waals surface area contributed by atoms with Gasteiger partial charge in [0.2, 0.25) is 0 Å². The first-order chi connectivity index (χ1) is 4.36. The van der Waals surface area contributed by atoms with E-state index in [1.165, 1.54) is 11.3 Å². The first-order valence-electron chi connectivity index (χ1n) is 2.52. The summed E-state index contributed by atoms with van der Waals surface area (Å²) in [6.45, 7) is 0.0320. The molecule has 1 N–H and O–H groups in total. The number of nitrogens with zero attached hydrogens (tertiary/aromatic N) is 1. The van der Waals surface area contributed by atoms with Crippen molar-refractivity contribution in [2.75, 3.05) is 0 Å². The lowest BCUT2D eigenvalue weighted by molar-refractivity contribution is 0.277. The molecule has 0 amide bonds. The summed E-state index contributed by atoms with van der Waals surface area (Å²) in [5.74, 6) is 0.657. The SMILES string of the molecule is OCc1csc(CS)n1. The molecular formula is C5H7NOS2. The smallest absolute Gasteiger partial charge is 0.103 e. The van der Waals surface area contributed by atoms with Crippen LogP contribution in [-0.4, -0.2) is 10.1 Å². The lowest BCUT2D eigenvalue weighted by Gasteiger charge is -1.82. The van der Waals surface area contributed by atoms with Gasteiger partial charge in [0.05, 0.1) is 12.3 Å². The number of hydrogen-bond donors (Lipinski definition) is 2. The number of thiazole rings is 1. The fraction of sp³-hybridized carbons (Fsp3) is 0.400. The maximum atomic E-state index is 8.57. The lowest BCUT2D eigenvalue weighted by atomic mass is 10.5. The van der Waals surface area contributed by atoms with Gasteiger partial charge in [0.1, 0.15) is 5.01 Å². The average Bonchev–Trinajstić information content (AvgIpc) is 2.34. The van der Waals surface area contributed by atoms with Crippen LogP contribution in [0.15, 0.2) is 5.38 Å². The number of aliphatic hydroxyl groups is 1. The van der Waals surface area contributed by atoms with Crippen LogP contribution in [0.25, 0.3) is 0 Å². The molecule has 0 atom stereocenters. The Morgan fingerprint density at radius 1 is 1.78 bits per heavy atom. The first-order valence-corrected chi connectivity index (χ1v) is 4.03. The molecule has 9 heavy (non-hydrogen) atoms. The number of aromatic nitrogens is 1. The Morgan fingerprint density at radius 3 is 2.89 bits per heavy atom. The highest BCUT2D eigenvalue weighted by Gasteiger charge is 1.96. The second-order valence-corrected chi connectivity index (χ2v) is 2.81. The van der Waals surface area contributed by atoms with Gasteiger partial charge in [-0.05, 0) is 0 Å². The standard InChI is InChI=1S/C5H7NOS2/c7-1-4-3-9-5(2-8)6-4/h3,7-8H,1-2H2. The van der Waals surface area contributed by atoms with E-state index in [-0.39, 0.29) is 6.61 Å². The van der Waals surface area contributed by atoms with E-state index in [1.807, 2.05) is 5.38 Å². The normalized spacial score (nSPS) is 10.0. The minimum absolute atomic E-state index is 0.0320. The fourth-order valence-corrected chi connectivity index (χ4v) is 1.43. The van der Waals surface area contributed by atoms with E-state index in [4.69, 9.17) is 5.11 Å². The van der Waals surface area contributed by atoms with Crippen molar-refractivity contribution in [3.05, 3.63) is 16.1 Å². The van der Waals surface area contributed by atoms with Crippen molar-refractivity contribution in [1.29, 1.82) is 0 Å². The van der Waals surface area contributed by atoms with E-state index in [2.05, 4.69) is 17.6 Å². The molecule has 0 spiro atoms. The zero-order valence-corrected chi connectivity index (χ0v) is 6.45. The van der Waals surface area contributed by atoms with Crippen LogP contribution in [0.4, 0.5) is 0 Å². The van der Waals surface area contributed by atoms with Gasteiger partial charge in [0, 0.05) is 11.1 Å². The Hall–Kier alpha value is -0.0600. The number of aliphatic hydroxyl groups excluding tert-OH is 1. The van der Waals surface area contributed by atoms with Gasteiger partial charge in [0.25, 0.3) is 0 Å². The maximum Gasteiger partial charge on any atom is 0.103 e. The molecule has 0 unspecified atom stereocenters. The molecule has 0 radical (unpaired) electrons. The van der Waals surface area contributed by atoms with Crippen molar-refractivity contribution in [2.45, 2.75) is 12.4 Å². The lowest BCUT2D eigenvalue weighted by Crippen LogP contribution is -1.82. The minimum atomic E-state index is 0.0320. The van der Waals surface area contributed by atoms with E-state index in [0.29, 0.717) is 5.75 Å². The number of hydrogen-bond acceptors (Lipinski definition) is 4. The summed E-state index contributed by atoms with van der Waals surface area (Å²) < 4.78 is 0. The second kappa shape index (κ2) is 3.20. The zero-order valence-electron chi connectivity index (χ0n) is 4.74. The van der Waals surface area contributed by atoms with Gasteiger partial charge in [-0.2, -0.15) is 12.6 Å². The van der Waals surface area contributed by atoms with Crippen LogP contribution in [0.3, 0.4) is 0 Å². The Bertz CT molecular complexity index is 168. The van der Waals surface area contributed by atoms with Crippen LogP contribution in [0, 0.1) is 0 Å². The molecule has 0 saturated carbocycles. The van der Waals surface area contributed by atoms with Gasteiger partial charge < -0.3 is 5.11 Å². The third-order valence-electron chi connectivity index (χ3n) is 0.897. The zero-order chi connectivity index (χ0) is 6.69. The molecule has 0 aliphatic carbocycles. The molecule has 1 heterocycles. The molecule has 1 rings (SSSR count).